The fourth-order valence-electron chi connectivity index (χ4n) is 2.66. The van der Waals surface area contributed by atoms with Gasteiger partial charge in [-0.25, -0.2) is 14.0 Å². The number of hydrogen-bond acceptors (Lipinski definition) is 5. The van der Waals surface area contributed by atoms with E-state index in [0.29, 0.717) is 6.54 Å². The van der Waals surface area contributed by atoms with Crippen LogP contribution >= 0.6 is 0 Å². The van der Waals surface area contributed by atoms with Gasteiger partial charge in [0.1, 0.15) is 12.4 Å². The van der Waals surface area contributed by atoms with Crippen LogP contribution in [-0.2, 0) is 20.8 Å². The molecule has 0 aliphatic heterocycles. The number of amides is 1. The Morgan fingerprint density at radius 2 is 1.64 bits per heavy atom. The van der Waals surface area contributed by atoms with Gasteiger partial charge in [0.2, 0.25) is 0 Å². The first-order valence-electron chi connectivity index (χ1n) is 8.50. The van der Waals surface area contributed by atoms with Crippen LogP contribution < -0.4 is 10.2 Å². The van der Waals surface area contributed by atoms with Crippen molar-refractivity contribution in [3.05, 3.63) is 65.0 Å². The lowest BCUT2D eigenvalue weighted by molar-refractivity contribution is -0.885. The molecule has 2 N–H and O–H groups in total. The molecule has 2 rings (SSSR count). The minimum atomic E-state index is -0.640. The van der Waals surface area contributed by atoms with Crippen LogP contribution in [0.25, 0.3) is 0 Å². The highest BCUT2D eigenvalue weighted by atomic mass is 19.1. The summed E-state index contributed by atoms with van der Waals surface area (Å²) in [5, 5.41) is 2.64. The van der Waals surface area contributed by atoms with E-state index in [9.17, 15) is 18.8 Å². The Labute approximate surface area is 162 Å². The number of carbonyl (C=O) groups excluding carboxylic acids is 3. The van der Waals surface area contributed by atoms with Crippen LogP contribution in [0, 0.1) is 5.82 Å². The zero-order chi connectivity index (χ0) is 20.7. The van der Waals surface area contributed by atoms with Gasteiger partial charge in [0.05, 0.1) is 38.1 Å². The lowest BCUT2D eigenvalue weighted by Gasteiger charge is -2.15. The van der Waals surface area contributed by atoms with E-state index < -0.39 is 11.9 Å². The third kappa shape index (κ3) is 5.62. The second kappa shape index (κ2) is 9.61. The van der Waals surface area contributed by atoms with E-state index >= 15 is 0 Å². The maximum Gasteiger partial charge on any atom is 0.339 e. The van der Waals surface area contributed by atoms with Gasteiger partial charge in [-0.1, -0.05) is 12.1 Å². The Morgan fingerprint density at radius 3 is 2.25 bits per heavy atom. The molecule has 0 saturated carbocycles. The van der Waals surface area contributed by atoms with E-state index in [1.54, 1.807) is 12.1 Å². The predicted octanol–water partition coefficient (Wildman–Crippen LogP) is 1.05. The monoisotopic (exact) mass is 389 g/mol. The molecule has 28 heavy (non-hydrogen) atoms. The summed E-state index contributed by atoms with van der Waals surface area (Å²) < 4.78 is 22.4. The van der Waals surface area contributed by atoms with Gasteiger partial charge in [0.25, 0.3) is 5.91 Å². The maximum atomic E-state index is 13.0. The highest BCUT2D eigenvalue weighted by molar-refractivity contribution is 6.03. The van der Waals surface area contributed by atoms with Gasteiger partial charge in [-0.15, -0.1) is 0 Å². The third-order valence-electron chi connectivity index (χ3n) is 4.00. The first kappa shape index (κ1) is 21.0. The molecular formula is C20H22FN2O5+. The zero-order valence-electron chi connectivity index (χ0n) is 15.9. The molecule has 8 heteroatoms. The molecule has 2 aromatic carbocycles. The van der Waals surface area contributed by atoms with Crippen LogP contribution in [0.15, 0.2) is 42.5 Å². The van der Waals surface area contributed by atoms with Crippen LogP contribution in [0.1, 0.15) is 26.3 Å². The van der Waals surface area contributed by atoms with E-state index in [-0.39, 0.29) is 35.1 Å². The van der Waals surface area contributed by atoms with E-state index in [0.717, 1.165) is 10.5 Å². The first-order valence-corrected chi connectivity index (χ1v) is 8.50. The van der Waals surface area contributed by atoms with Gasteiger partial charge in [0, 0.05) is 5.56 Å². The van der Waals surface area contributed by atoms with E-state index in [1.807, 2.05) is 7.05 Å². The molecule has 0 fully saturated rings. The summed E-state index contributed by atoms with van der Waals surface area (Å²) >= 11 is 0. The van der Waals surface area contributed by atoms with Crippen LogP contribution in [0.2, 0.25) is 0 Å². The quantitative estimate of drug-likeness (QED) is 0.692. The third-order valence-corrected chi connectivity index (χ3v) is 4.00. The number of ether oxygens (including phenoxy) is 2. The van der Waals surface area contributed by atoms with E-state index in [1.165, 1.54) is 44.6 Å². The Hall–Kier alpha value is -3.26. The Kier molecular flexibility index (Phi) is 7.22. The van der Waals surface area contributed by atoms with Gasteiger partial charge in [-0.05, 0) is 30.3 Å². The summed E-state index contributed by atoms with van der Waals surface area (Å²) in [7, 11) is 4.28. The molecule has 0 bridgehead atoms. The number of rotatable bonds is 7. The number of carbonyl (C=O) groups is 3. The van der Waals surface area contributed by atoms with Crippen molar-refractivity contribution in [2.24, 2.45) is 0 Å². The second-order valence-corrected chi connectivity index (χ2v) is 6.23. The average molecular weight is 389 g/mol. The molecule has 1 atom stereocenters. The summed E-state index contributed by atoms with van der Waals surface area (Å²) in [5.41, 5.74) is 1.36. The number of halogens is 1. The molecule has 0 heterocycles. The summed E-state index contributed by atoms with van der Waals surface area (Å²) in [5.74, 6) is -1.91. The van der Waals surface area contributed by atoms with Crippen molar-refractivity contribution in [2.45, 2.75) is 6.54 Å². The summed E-state index contributed by atoms with van der Waals surface area (Å²) in [4.78, 5) is 36.9. The van der Waals surface area contributed by atoms with Gasteiger partial charge in [-0.3, -0.25) is 4.79 Å². The molecular weight excluding hydrogens is 367 g/mol. The number of methoxy groups -OCH3 is 2. The van der Waals surface area contributed by atoms with Crippen molar-refractivity contribution in [3.63, 3.8) is 0 Å². The van der Waals surface area contributed by atoms with Gasteiger partial charge in [0.15, 0.2) is 6.54 Å². The van der Waals surface area contributed by atoms with Crippen LogP contribution in [0.4, 0.5) is 10.1 Å². The fraction of sp³-hybridized carbons (Fsp3) is 0.250. The van der Waals surface area contributed by atoms with Crippen molar-refractivity contribution >= 4 is 23.5 Å². The largest absolute Gasteiger partial charge is 0.465 e. The number of esters is 2. The highest BCUT2D eigenvalue weighted by Gasteiger charge is 2.19. The van der Waals surface area contributed by atoms with Gasteiger partial charge < -0.3 is 19.7 Å². The van der Waals surface area contributed by atoms with Crippen LogP contribution in [0.5, 0.6) is 0 Å². The molecule has 0 aromatic heterocycles. The minimum Gasteiger partial charge on any atom is -0.465 e. The molecule has 7 nitrogen and oxygen atoms in total. The lowest BCUT2D eigenvalue weighted by atomic mass is 10.1. The lowest BCUT2D eigenvalue weighted by Crippen LogP contribution is -3.08. The van der Waals surface area contributed by atoms with E-state index in [4.69, 9.17) is 4.74 Å². The molecule has 1 unspecified atom stereocenters. The van der Waals surface area contributed by atoms with Crippen molar-refractivity contribution in [3.8, 4) is 0 Å². The molecule has 1 amide bonds. The smallest absolute Gasteiger partial charge is 0.339 e. The van der Waals surface area contributed by atoms with Gasteiger partial charge >= 0.3 is 11.9 Å². The second-order valence-electron chi connectivity index (χ2n) is 6.23. The number of anilines is 1. The number of likely N-dealkylation sites (N-methyl/N-ethyl adjacent to an activating group) is 1. The topological polar surface area (TPSA) is 86.1 Å². The number of benzene rings is 2. The summed E-state index contributed by atoms with van der Waals surface area (Å²) in [6.07, 6.45) is 0. The number of hydrogen-bond donors (Lipinski definition) is 2. The normalized spacial score (nSPS) is 11.4. The fourth-order valence-corrected chi connectivity index (χ4v) is 2.66. The van der Waals surface area contributed by atoms with Crippen molar-refractivity contribution < 1.29 is 33.1 Å². The SMILES string of the molecule is COC(=O)c1ccc(C(=O)OC)c(NC(=O)C[NH+](C)Cc2ccc(F)cc2)c1. The summed E-state index contributed by atoms with van der Waals surface area (Å²) in [6, 6.07) is 10.2. The molecule has 148 valence electrons. The molecule has 0 aliphatic carbocycles. The average Bonchev–Trinajstić information content (AvgIpc) is 2.68. The van der Waals surface area contributed by atoms with Crippen molar-refractivity contribution in [1.82, 2.24) is 0 Å². The van der Waals surface area contributed by atoms with Crippen LogP contribution in [0.3, 0.4) is 0 Å². The molecule has 2 aromatic rings. The van der Waals surface area contributed by atoms with Crippen molar-refractivity contribution in [2.75, 3.05) is 33.1 Å². The predicted molar refractivity (Wildman–Crippen MR) is 99.6 cm³/mol. The zero-order valence-corrected chi connectivity index (χ0v) is 15.9. The molecule has 0 spiro atoms. The Morgan fingerprint density at radius 1 is 1.00 bits per heavy atom. The molecule has 0 radical (unpaired) electrons. The molecule has 0 aliphatic rings. The summed E-state index contributed by atoms with van der Waals surface area (Å²) in [6.45, 7) is 0.611. The van der Waals surface area contributed by atoms with Crippen LogP contribution in [-0.4, -0.2) is 45.7 Å². The Balaban J connectivity index is 2.11. The maximum absolute atomic E-state index is 13.0. The first-order chi connectivity index (χ1) is 13.3. The van der Waals surface area contributed by atoms with Gasteiger partial charge in [-0.2, -0.15) is 0 Å². The van der Waals surface area contributed by atoms with E-state index in [2.05, 4.69) is 10.1 Å². The number of quaternary nitrogens is 1. The minimum absolute atomic E-state index is 0.0977. The molecule has 0 saturated heterocycles. The highest BCUT2D eigenvalue weighted by Crippen LogP contribution is 2.19. The number of nitrogens with one attached hydrogen (secondary N) is 2. The standard InChI is InChI=1S/C20H21FN2O5/c1-23(11-13-4-7-15(21)8-5-13)12-18(24)22-17-10-14(19(25)27-2)6-9-16(17)20(26)28-3/h4-10H,11-12H2,1-3H3,(H,22,24)/p+1. The Bertz CT molecular complexity index is 867. The van der Waals surface area contributed by atoms with Crippen molar-refractivity contribution in [1.29, 1.82) is 0 Å².